The van der Waals surface area contributed by atoms with E-state index in [-0.39, 0.29) is 66.8 Å². The number of ether oxygens (including phenoxy) is 2. The number of quaternary nitrogens is 1. The summed E-state index contributed by atoms with van der Waals surface area (Å²) in [6.07, 6.45) is 11.4. The average molecular weight is 896 g/mol. The summed E-state index contributed by atoms with van der Waals surface area (Å²) in [5.41, 5.74) is 15.2. The van der Waals surface area contributed by atoms with Gasteiger partial charge in [-0.1, -0.05) is 48.0 Å². The predicted octanol–water partition coefficient (Wildman–Crippen LogP) is 3.52. The molecule has 64 heavy (non-hydrogen) atoms. The molecule has 0 radical (unpaired) electrons. The van der Waals surface area contributed by atoms with Crippen LogP contribution in [-0.4, -0.2) is 111 Å². The van der Waals surface area contributed by atoms with E-state index >= 15 is 0 Å². The number of aryl methyl sites for hydroxylation is 2. The van der Waals surface area contributed by atoms with Crippen molar-refractivity contribution in [3.8, 4) is 11.5 Å². The summed E-state index contributed by atoms with van der Waals surface area (Å²) in [6, 6.07) is 21.1. The van der Waals surface area contributed by atoms with E-state index in [0.717, 1.165) is 73.8 Å². The fraction of sp³-hybridized carbons (Fsp3) is 0.370. The van der Waals surface area contributed by atoms with Crippen molar-refractivity contribution in [2.45, 2.75) is 56.7 Å². The van der Waals surface area contributed by atoms with Crippen molar-refractivity contribution < 1.29 is 38.6 Å². The zero-order valence-electron chi connectivity index (χ0n) is 35.6. The third-order valence-corrected chi connectivity index (χ3v) is 11.5. The lowest BCUT2D eigenvalue weighted by atomic mass is 9.99. The standard InChI is InChI=1S/C46H55ClN10O7/c47-43-45(49)56-44(48)42(55-43)46(62)52-35-14-7-21-57(26-35,19-5-10-31-8-1-15-36(22-31)63-29-40(60)53-38(27-58)33-12-3-17-50-24-33)20-6-11-32-9-2-16-37(23-32)64-30-41(61)54-39(28-59)34-13-4-18-51-25-34/h1-4,8-9,12-13,15-18,22-25,35,38-39,58-59H,5-7,10-11,14,19-21,26-30H2,(H6-,48,49,52,53,54,56,60,61,62)/p+1. The number of nitrogens with one attached hydrogen (secondary N) is 3. The number of carbonyl (C=O) groups is 3. The van der Waals surface area contributed by atoms with Gasteiger partial charge < -0.3 is 51.6 Å². The molecule has 0 saturated carbocycles. The number of hydrogen-bond acceptors (Lipinski definition) is 13. The van der Waals surface area contributed by atoms with E-state index < -0.39 is 18.0 Å². The SMILES string of the molecule is Nc1nc(N)c(C(=O)NC2CCC[N+](CCCc3cccc(OCC(=O)NC(CO)c4cccnc4)c3)(CCCc3cccc(OCC(=O)NC(CO)c4cccnc4)c3)C2)nc1Cl. The van der Waals surface area contributed by atoms with Gasteiger partial charge in [-0.2, -0.15) is 0 Å². The topological polar surface area (TPSA) is 250 Å². The Morgan fingerprint density at radius 2 is 1.31 bits per heavy atom. The Morgan fingerprint density at radius 1 is 0.766 bits per heavy atom. The molecule has 4 heterocycles. The maximum absolute atomic E-state index is 13.4. The number of rotatable bonds is 22. The van der Waals surface area contributed by atoms with Gasteiger partial charge in [0.25, 0.3) is 17.7 Å². The molecule has 9 N–H and O–H groups in total. The number of aliphatic hydroxyl groups excluding tert-OH is 2. The summed E-state index contributed by atoms with van der Waals surface area (Å²) in [4.78, 5) is 55.1. The average Bonchev–Trinajstić information content (AvgIpc) is 3.30. The molecule has 3 atom stereocenters. The van der Waals surface area contributed by atoms with Gasteiger partial charge in [0.05, 0.1) is 57.5 Å². The van der Waals surface area contributed by atoms with E-state index in [0.29, 0.717) is 29.2 Å². The summed E-state index contributed by atoms with van der Waals surface area (Å²) < 4.78 is 12.5. The van der Waals surface area contributed by atoms with Crippen molar-refractivity contribution in [2.75, 3.05) is 64.1 Å². The molecule has 338 valence electrons. The molecule has 1 aliphatic rings. The first-order chi connectivity index (χ1) is 31.0. The van der Waals surface area contributed by atoms with Crippen LogP contribution in [0.1, 0.15) is 70.5 Å². The quantitative estimate of drug-likeness (QED) is 0.0492. The lowest BCUT2D eigenvalue weighted by Gasteiger charge is -2.45. The van der Waals surface area contributed by atoms with Crippen LogP contribution in [0.3, 0.4) is 0 Å². The minimum atomic E-state index is -0.591. The predicted molar refractivity (Wildman–Crippen MR) is 241 cm³/mol. The minimum absolute atomic E-state index is 0.0461. The van der Waals surface area contributed by atoms with Crippen LogP contribution in [0.15, 0.2) is 97.6 Å². The number of pyridine rings is 2. The minimum Gasteiger partial charge on any atom is -0.484 e. The number of benzene rings is 2. The highest BCUT2D eigenvalue weighted by Gasteiger charge is 2.36. The second-order valence-corrected chi connectivity index (χ2v) is 16.3. The zero-order valence-corrected chi connectivity index (χ0v) is 36.3. The summed E-state index contributed by atoms with van der Waals surface area (Å²) in [5.74, 6) is -0.191. The van der Waals surface area contributed by atoms with Gasteiger partial charge in [-0.15, -0.1) is 0 Å². The van der Waals surface area contributed by atoms with E-state index in [1.165, 1.54) is 0 Å². The van der Waals surface area contributed by atoms with Crippen molar-refractivity contribution in [3.63, 3.8) is 0 Å². The van der Waals surface area contributed by atoms with E-state index in [4.69, 9.17) is 32.5 Å². The third-order valence-electron chi connectivity index (χ3n) is 11.2. The van der Waals surface area contributed by atoms with Gasteiger partial charge in [-0.25, -0.2) is 9.97 Å². The fourth-order valence-electron chi connectivity index (χ4n) is 8.04. The maximum Gasteiger partial charge on any atom is 0.274 e. The van der Waals surface area contributed by atoms with Crippen molar-refractivity contribution in [1.82, 2.24) is 35.9 Å². The number of amides is 3. The summed E-state index contributed by atoms with van der Waals surface area (Å²) >= 11 is 6.10. The van der Waals surface area contributed by atoms with Crippen LogP contribution in [0.2, 0.25) is 5.15 Å². The van der Waals surface area contributed by atoms with Crippen LogP contribution in [0.25, 0.3) is 0 Å². The lowest BCUT2D eigenvalue weighted by molar-refractivity contribution is -0.933. The van der Waals surface area contributed by atoms with Gasteiger partial charge in [-0.3, -0.25) is 24.4 Å². The molecule has 0 aliphatic carbocycles. The number of nitrogens with zero attached hydrogens (tertiary/aromatic N) is 5. The van der Waals surface area contributed by atoms with Crippen LogP contribution in [0, 0.1) is 0 Å². The molecule has 0 bridgehead atoms. The van der Waals surface area contributed by atoms with E-state index in [1.807, 2.05) is 48.5 Å². The van der Waals surface area contributed by atoms with Gasteiger partial charge in [0.2, 0.25) is 0 Å². The van der Waals surface area contributed by atoms with Gasteiger partial charge >= 0.3 is 0 Å². The smallest absolute Gasteiger partial charge is 0.274 e. The molecule has 2 aromatic carbocycles. The first-order valence-corrected chi connectivity index (χ1v) is 21.7. The number of carbonyl (C=O) groups excluding carboxylic acids is 3. The molecule has 1 saturated heterocycles. The van der Waals surface area contributed by atoms with Crippen molar-refractivity contribution >= 4 is 41.0 Å². The largest absolute Gasteiger partial charge is 0.484 e. The zero-order chi connectivity index (χ0) is 45.3. The Morgan fingerprint density at radius 3 is 1.81 bits per heavy atom. The summed E-state index contributed by atoms with van der Waals surface area (Å²) in [7, 11) is 0. The molecule has 17 nitrogen and oxygen atoms in total. The highest BCUT2D eigenvalue weighted by Crippen LogP contribution is 2.25. The molecular formula is C46H56ClN10O7+. The number of anilines is 2. The number of halogens is 1. The molecule has 3 aromatic heterocycles. The summed E-state index contributed by atoms with van der Waals surface area (Å²) in [5, 5.41) is 28.3. The molecule has 3 amide bonds. The Kier molecular flexibility index (Phi) is 17.2. The second-order valence-electron chi connectivity index (χ2n) is 15.9. The Labute approximate surface area is 377 Å². The monoisotopic (exact) mass is 895 g/mol. The molecule has 1 aliphatic heterocycles. The normalized spacial score (nSPS) is 16.8. The van der Waals surface area contributed by atoms with Crippen molar-refractivity contribution in [3.05, 3.63) is 131 Å². The van der Waals surface area contributed by atoms with E-state index in [9.17, 15) is 24.6 Å². The lowest BCUT2D eigenvalue weighted by Crippen LogP contribution is -2.60. The number of piperidine rings is 1. The van der Waals surface area contributed by atoms with Gasteiger partial charge in [-0.05, 0) is 84.3 Å². The first kappa shape index (κ1) is 47.1. The van der Waals surface area contributed by atoms with Crippen LogP contribution in [-0.2, 0) is 22.4 Å². The van der Waals surface area contributed by atoms with Crippen LogP contribution < -0.4 is 36.9 Å². The second kappa shape index (κ2) is 23.3. The molecule has 5 aromatic rings. The maximum atomic E-state index is 13.4. The fourth-order valence-corrected chi connectivity index (χ4v) is 8.17. The number of likely N-dealkylation sites (tertiary alicyclic amines) is 1. The number of nitrogens with two attached hydrogens (primary N) is 2. The number of nitrogen functional groups attached to an aromatic ring is 2. The Bertz CT molecular complexity index is 2200. The molecule has 0 spiro atoms. The van der Waals surface area contributed by atoms with Crippen LogP contribution in [0.4, 0.5) is 11.6 Å². The number of hydrogen-bond donors (Lipinski definition) is 7. The van der Waals surface area contributed by atoms with Crippen LogP contribution in [0.5, 0.6) is 11.5 Å². The third kappa shape index (κ3) is 13.8. The molecular weight excluding hydrogens is 840 g/mol. The molecule has 6 rings (SSSR count). The van der Waals surface area contributed by atoms with Crippen LogP contribution >= 0.6 is 11.6 Å². The highest BCUT2D eigenvalue weighted by molar-refractivity contribution is 6.31. The number of aliphatic hydroxyl groups is 2. The summed E-state index contributed by atoms with van der Waals surface area (Å²) in [6.45, 7) is 2.35. The molecule has 1 fully saturated rings. The molecule has 3 unspecified atom stereocenters. The number of aromatic nitrogens is 4. The van der Waals surface area contributed by atoms with Crippen molar-refractivity contribution in [1.29, 1.82) is 0 Å². The van der Waals surface area contributed by atoms with Gasteiger partial charge in [0.1, 0.15) is 11.5 Å². The van der Waals surface area contributed by atoms with E-state index in [1.54, 1.807) is 49.1 Å². The Hall–Kier alpha value is -6.40. The first-order valence-electron chi connectivity index (χ1n) is 21.3. The van der Waals surface area contributed by atoms with Gasteiger partial charge in [0.15, 0.2) is 35.7 Å². The van der Waals surface area contributed by atoms with Crippen molar-refractivity contribution in [2.24, 2.45) is 0 Å². The highest BCUT2D eigenvalue weighted by atomic mass is 35.5. The Balaban J connectivity index is 1.06. The van der Waals surface area contributed by atoms with Gasteiger partial charge in [0, 0.05) is 37.6 Å². The van der Waals surface area contributed by atoms with E-state index in [2.05, 4.69) is 35.9 Å². The molecule has 18 heteroatoms.